The van der Waals surface area contributed by atoms with Crippen LogP contribution < -0.4 is 10.2 Å². The van der Waals surface area contributed by atoms with Gasteiger partial charge in [0, 0.05) is 34.2 Å². The van der Waals surface area contributed by atoms with Gasteiger partial charge in [0.2, 0.25) is 0 Å². The molecule has 0 unspecified atom stereocenters. The van der Waals surface area contributed by atoms with Gasteiger partial charge in [0.1, 0.15) is 5.75 Å². The molecule has 0 aliphatic rings. The predicted octanol–water partition coefficient (Wildman–Crippen LogP) is 4.32. The lowest BCUT2D eigenvalue weighted by Crippen LogP contribution is -2.24. The summed E-state index contributed by atoms with van der Waals surface area (Å²) in [4.78, 5) is 11.9. The van der Waals surface area contributed by atoms with E-state index in [0.29, 0.717) is 15.8 Å². The molecule has 1 N–H and O–H groups in total. The van der Waals surface area contributed by atoms with Crippen molar-refractivity contribution < 1.29 is 9.53 Å². The number of nitrogens with one attached hydrogen (secondary N) is 1. The highest BCUT2D eigenvalue weighted by Crippen LogP contribution is 2.27. The molecule has 0 aliphatic carbocycles. The fourth-order valence-corrected chi connectivity index (χ4v) is 3.11. The number of hydrazone groups is 1. The Morgan fingerprint density at radius 3 is 2.81 bits per heavy atom. The minimum atomic E-state index is -0.384. The van der Waals surface area contributed by atoms with Gasteiger partial charge in [-0.25, -0.2) is 5.43 Å². The summed E-state index contributed by atoms with van der Waals surface area (Å²) >= 11 is 11.8. The number of benzene rings is 2. The number of amides is 1. The predicted molar refractivity (Wildman–Crippen MR) is 105 cm³/mol. The maximum atomic E-state index is 11.9. The average Bonchev–Trinajstić information content (AvgIpc) is 2.86. The highest BCUT2D eigenvalue weighted by atomic mass is 35.5. The third kappa shape index (κ3) is 3.84. The van der Waals surface area contributed by atoms with Gasteiger partial charge >= 0.3 is 0 Å². The smallest absolute Gasteiger partial charge is 0.277 e. The number of carbonyl (C=O) groups excluding carboxylic acids is 1. The Balaban J connectivity index is 1.64. The minimum absolute atomic E-state index is 0.201. The van der Waals surface area contributed by atoms with Crippen molar-refractivity contribution in [2.75, 3.05) is 6.61 Å². The van der Waals surface area contributed by atoms with Crippen LogP contribution in [0.2, 0.25) is 10.0 Å². The molecule has 1 amide bonds. The first-order valence-electron chi connectivity index (χ1n) is 7.91. The number of hydrogen-bond donors (Lipinski definition) is 1. The second-order valence-corrected chi connectivity index (χ2v) is 6.58. The third-order valence-electron chi connectivity index (χ3n) is 4.08. The number of rotatable bonds is 5. The molecule has 0 aliphatic heterocycles. The van der Waals surface area contributed by atoms with E-state index in [2.05, 4.69) is 15.1 Å². The summed E-state index contributed by atoms with van der Waals surface area (Å²) in [7, 11) is 2.00. The molecule has 0 radical (unpaired) electrons. The fourth-order valence-electron chi connectivity index (χ4n) is 2.65. The van der Waals surface area contributed by atoms with Crippen LogP contribution in [0.1, 0.15) is 11.3 Å². The zero-order chi connectivity index (χ0) is 18.7. The molecule has 1 heterocycles. The molecule has 3 rings (SSSR count). The van der Waals surface area contributed by atoms with Crippen LogP contribution >= 0.6 is 23.2 Å². The van der Waals surface area contributed by atoms with Gasteiger partial charge in [0.05, 0.1) is 11.2 Å². The summed E-state index contributed by atoms with van der Waals surface area (Å²) in [5, 5.41) is 5.97. The molecule has 7 heteroatoms. The number of aryl methyl sites for hydroxylation is 1. The van der Waals surface area contributed by atoms with E-state index in [1.807, 2.05) is 38.2 Å². The number of ether oxygens (including phenoxy) is 1. The second kappa shape index (κ2) is 7.81. The maximum absolute atomic E-state index is 11.9. The Labute approximate surface area is 161 Å². The number of carbonyl (C=O) groups is 1. The number of hydrogen-bond acceptors (Lipinski definition) is 3. The zero-order valence-electron chi connectivity index (χ0n) is 14.3. The van der Waals surface area contributed by atoms with Crippen molar-refractivity contribution in [1.82, 2.24) is 9.99 Å². The van der Waals surface area contributed by atoms with E-state index < -0.39 is 0 Å². The van der Waals surface area contributed by atoms with Crippen molar-refractivity contribution in [1.29, 1.82) is 0 Å². The van der Waals surface area contributed by atoms with Crippen molar-refractivity contribution in [2.45, 2.75) is 6.92 Å². The molecule has 0 fully saturated rings. The molecule has 134 valence electrons. The van der Waals surface area contributed by atoms with E-state index in [4.69, 9.17) is 27.9 Å². The average molecular weight is 390 g/mol. The van der Waals surface area contributed by atoms with Crippen molar-refractivity contribution in [3.8, 4) is 5.75 Å². The molecular weight excluding hydrogens is 373 g/mol. The quantitative estimate of drug-likeness (QED) is 0.521. The summed E-state index contributed by atoms with van der Waals surface area (Å²) in [6, 6.07) is 12.8. The summed E-state index contributed by atoms with van der Waals surface area (Å²) in [6.45, 7) is 1.81. The van der Waals surface area contributed by atoms with Gasteiger partial charge in [0.15, 0.2) is 6.61 Å². The molecule has 26 heavy (non-hydrogen) atoms. The van der Waals surface area contributed by atoms with Gasteiger partial charge < -0.3 is 9.30 Å². The standard InChI is InChI=1S/C19H17Cl2N3O2/c1-12-15(14-5-3-4-6-17(14)24(12)2)10-22-23-19(25)11-26-18-8-7-13(20)9-16(18)21/h3-10H,11H2,1-2H3,(H,23,25). The van der Waals surface area contributed by atoms with Crippen molar-refractivity contribution in [2.24, 2.45) is 12.1 Å². The first kappa shape index (κ1) is 18.3. The van der Waals surface area contributed by atoms with Crippen molar-refractivity contribution in [3.05, 3.63) is 63.8 Å². The van der Waals surface area contributed by atoms with E-state index in [1.165, 1.54) is 0 Å². The Kier molecular flexibility index (Phi) is 5.49. The van der Waals surface area contributed by atoms with Crippen LogP contribution in [0, 0.1) is 6.92 Å². The van der Waals surface area contributed by atoms with E-state index in [0.717, 1.165) is 22.2 Å². The van der Waals surface area contributed by atoms with Crippen molar-refractivity contribution in [3.63, 3.8) is 0 Å². The number of para-hydroxylation sites is 1. The van der Waals surface area contributed by atoms with E-state index >= 15 is 0 Å². The molecule has 0 saturated heterocycles. The fraction of sp³-hybridized carbons (Fsp3) is 0.158. The first-order valence-corrected chi connectivity index (χ1v) is 8.66. The molecule has 0 spiro atoms. The molecule has 0 saturated carbocycles. The molecule has 0 atom stereocenters. The summed E-state index contributed by atoms with van der Waals surface area (Å²) in [6.07, 6.45) is 1.64. The number of fused-ring (bicyclic) bond motifs is 1. The maximum Gasteiger partial charge on any atom is 0.277 e. The van der Waals surface area contributed by atoms with E-state index in [-0.39, 0.29) is 12.5 Å². The van der Waals surface area contributed by atoms with Gasteiger partial charge in [-0.05, 0) is 31.2 Å². The van der Waals surface area contributed by atoms with Crippen LogP contribution in [-0.2, 0) is 11.8 Å². The Morgan fingerprint density at radius 1 is 1.27 bits per heavy atom. The van der Waals surface area contributed by atoms with Crippen LogP contribution in [0.5, 0.6) is 5.75 Å². The van der Waals surface area contributed by atoms with Crippen LogP contribution in [-0.4, -0.2) is 23.3 Å². The lowest BCUT2D eigenvalue weighted by atomic mass is 10.1. The third-order valence-corrected chi connectivity index (χ3v) is 4.61. The van der Waals surface area contributed by atoms with Crippen LogP contribution in [0.25, 0.3) is 10.9 Å². The zero-order valence-corrected chi connectivity index (χ0v) is 15.8. The Hall–Kier alpha value is -2.50. The Morgan fingerprint density at radius 2 is 2.04 bits per heavy atom. The second-order valence-electron chi connectivity index (χ2n) is 5.73. The molecule has 3 aromatic rings. The molecule has 1 aromatic heterocycles. The Bertz CT molecular complexity index is 996. The van der Waals surface area contributed by atoms with Gasteiger partial charge in [-0.2, -0.15) is 5.10 Å². The topological polar surface area (TPSA) is 55.6 Å². The SMILES string of the molecule is Cc1c(C=NNC(=O)COc2ccc(Cl)cc2Cl)c2ccccc2n1C. The normalized spacial score (nSPS) is 11.2. The van der Waals surface area contributed by atoms with Gasteiger partial charge in [0.25, 0.3) is 5.91 Å². The van der Waals surface area contributed by atoms with Crippen molar-refractivity contribution >= 4 is 46.2 Å². The molecule has 0 bridgehead atoms. The highest BCUT2D eigenvalue weighted by molar-refractivity contribution is 6.35. The summed E-state index contributed by atoms with van der Waals surface area (Å²) in [5.41, 5.74) is 5.60. The largest absolute Gasteiger partial charge is 0.482 e. The molecule has 2 aromatic carbocycles. The van der Waals surface area contributed by atoms with Gasteiger partial charge in [-0.15, -0.1) is 0 Å². The van der Waals surface area contributed by atoms with Crippen LogP contribution in [0.3, 0.4) is 0 Å². The van der Waals surface area contributed by atoms with Gasteiger partial charge in [-0.3, -0.25) is 4.79 Å². The molecular formula is C19H17Cl2N3O2. The summed E-state index contributed by atoms with van der Waals surface area (Å²) in [5.74, 6) is 0.00486. The number of aromatic nitrogens is 1. The first-order chi connectivity index (χ1) is 12.5. The monoisotopic (exact) mass is 389 g/mol. The van der Waals surface area contributed by atoms with E-state index in [9.17, 15) is 4.79 Å². The molecule has 5 nitrogen and oxygen atoms in total. The van der Waals surface area contributed by atoms with Crippen LogP contribution in [0.15, 0.2) is 47.6 Å². The summed E-state index contributed by atoms with van der Waals surface area (Å²) < 4.78 is 7.46. The van der Waals surface area contributed by atoms with Crippen LogP contribution in [0.4, 0.5) is 0 Å². The highest BCUT2D eigenvalue weighted by Gasteiger charge is 2.10. The number of nitrogens with zero attached hydrogens (tertiary/aromatic N) is 2. The lowest BCUT2D eigenvalue weighted by Gasteiger charge is -2.07. The van der Waals surface area contributed by atoms with E-state index in [1.54, 1.807) is 24.4 Å². The van der Waals surface area contributed by atoms with Gasteiger partial charge in [-0.1, -0.05) is 41.4 Å². The lowest BCUT2D eigenvalue weighted by molar-refractivity contribution is -0.123. The minimum Gasteiger partial charge on any atom is -0.482 e. The number of halogens is 2.